The Morgan fingerprint density at radius 2 is 2.07 bits per heavy atom. The Hall–Kier alpha value is -3.14. The van der Waals surface area contributed by atoms with Crippen molar-refractivity contribution in [3.8, 4) is 0 Å². The molecule has 0 saturated carbocycles. The average molecular weight is 391 g/mol. The number of thiophene rings is 1. The molecule has 4 amide bonds. The first-order chi connectivity index (χ1) is 12.9. The van der Waals surface area contributed by atoms with Crippen molar-refractivity contribution in [3.05, 3.63) is 40.2 Å². The van der Waals surface area contributed by atoms with Crippen LogP contribution in [0.3, 0.4) is 0 Å². The summed E-state index contributed by atoms with van der Waals surface area (Å²) in [6.07, 6.45) is 2.52. The summed E-state index contributed by atoms with van der Waals surface area (Å²) < 4.78 is 10.2. The monoisotopic (exact) mass is 391 g/mol. The van der Waals surface area contributed by atoms with E-state index in [1.807, 2.05) is 5.32 Å². The lowest BCUT2D eigenvalue weighted by atomic mass is 10.1. The second kappa shape index (κ2) is 7.62. The van der Waals surface area contributed by atoms with Crippen molar-refractivity contribution in [2.75, 3.05) is 5.32 Å². The van der Waals surface area contributed by atoms with Gasteiger partial charge in [0, 0.05) is 4.88 Å². The largest absolute Gasteiger partial charge is 0.459 e. The van der Waals surface area contributed by atoms with Gasteiger partial charge in [-0.1, -0.05) is 0 Å². The Morgan fingerprint density at radius 3 is 2.74 bits per heavy atom. The van der Waals surface area contributed by atoms with Crippen molar-refractivity contribution in [1.82, 2.24) is 5.32 Å². The Morgan fingerprint density at radius 1 is 1.30 bits per heavy atom. The number of carbonyl (C=O) groups excluding carboxylic acids is 4. The molecule has 2 heterocycles. The fourth-order valence-electron chi connectivity index (χ4n) is 2.78. The Bertz CT molecular complexity index is 902. The minimum absolute atomic E-state index is 0.108. The molecule has 0 aliphatic heterocycles. The van der Waals surface area contributed by atoms with E-state index in [4.69, 9.17) is 14.9 Å². The first kappa shape index (κ1) is 18.6. The number of hydrogen-bond acceptors (Lipinski definition) is 7. The van der Waals surface area contributed by atoms with Crippen molar-refractivity contribution in [1.29, 1.82) is 0 Å². The molecule has 0 radical (unpaired) electrons. The number of ether oxygens (including phenoxy) is 1. The number of primary amides is 1. The number of furan rings is 1. The van der Waals surface area contributed by atoms with E-state index in [1.54, 1.807) is 6.07 Å². The lowest BCUT2D eigenvalue weighted by Gasteiger charge is -2.13. The predicted octanol–water partition coefficient (Wildman–Crippen LogP) is 1.82. The zero-order valence-corrected chi connectivity index (χ0v) is 15.2. The number of carbonyl (C=O) groups is 4. The summed E-state index contributed by atoms with van der Waals surface area (Å²) in [7, 11) is 0. The van der Waals surface area contributed by atoms with Crippen molar-refractivity contribution < 1.29 is 28.3 Å². The molecule has 0 fully saturated rings. The maximum Gasteiger partial charge on any atom is 0.342 e. The molecule has 2 aromatic rings. The number of aryl methyl sites for hydroxylation is 1. The summed E-state index contributed by atoms with van der Waals surface area (Å²) in [5, 5.41) is 4.86. The predicted molar refractivity (Wildman–Crippen MR) is 95.6 cm³/mol. The van der Waals surface area contributed by atoms with Gasteiger partial charge >= 0.3 is 12.0 Å². The van der Waals surface area contributed by atoms with Gasteiger partial charge in [-0.2, -0.15) is 0 Å². The van der Waals surface area contributed by atoms with Gasteiger partial charge in [0.05, 0.1) is 11.8 Å². The minimum atomic E-state index is -1.23. The molecule has 0 unspecified atom stereocenters. The van der Waals surface area contributed by atoms with E-state index in [-0.39, 0.29) is 11.3 Å². The van der Waals surface area contributed by atoms with E-state index in [2.05, 4.69) is 5.32 Å². The van der Waals surface area contributed by atoms with Gasteiger partial charge in [0.1, 0.15) is 5.00 Å². The van der Waals surface area contributed by atoms with Crippen LogP contribution in [0.1, 0.15) is 44.7 Å². The number of rotatable bonds is 5. The molecular weight excluding hydrogens is 374 g/mol. The van der Waals surface area contributed by atoms with Gasteiger partial charge < -0.3 is 20.2 Å². The minimum Gasteiger partial charge on any atom is -0.459 e. The molecule has 27 heavy (non-hydrogen) atoms. The molecular formula is C17H17N3O6S. The van der Waals surface area contributed by atoms with E-state index in [0.717, 1.165) is 23.3 Å². The zero-order valence-electron chi connectivity index (χ0n) is 14.4. The van der Waals surface area contributed by atoms with Crippen molar-refractivity contribution in [3.63, 3.8) is 0 Å². The van der Waals surface area contributed by atoms with E-state index < -0.39 is 29.9 Å². The van der Waals surface area contributed by atoms with Crippen LogP contribution in [0.4, 0.5) is 9.80 Å². The third kappa shape index (κ3) is 4.00. The third-order valence-corrected chi connectivity index (χ3v) is 5.20. The molecule has 0 aromatic carbocycles. The highest BCUT2D eigenvalue weighted by atomic mass is 32.1. The molecule has 4 N–H and O–H groups in total. The second-order valence-corrected chi connectivity index (χ2v) is 7.00. The quantitative estimate of drug-likeness (QED) is 0.664. The number of anilines is 1. The highest BCUT2D eigenvalue weighted by Gasteiger charge is 2.31. The maximum absolute atomic E-state index is 12.7. The van der Waals surface area contributed by atoms with Gasteiger partial charge in [-0.05, 0) is 43.9 Å². The molecule has 0 saturated heterocycles. The van der Waals surface area contributed by atoms with Crippen LogP contribution in [0.15, 0.2) is 22.8 Å². The SMILES string of the molecule is C[C@@H](OC(=O)c1c(NC(=O)c2ccco2)sc2c1CCC2)C(=O)NC(N)=O. The highest BCUT2D eigenvalue weighted by Crippen LogP contribution is 2.39. The molecule has 1 atom stereocenters. The highest BCUT2D eigenvalue weighted by molar-refractivity contribution is 7.17. The van der Waals surface area contributed by atoms with Crippen molar-refractivity contribution in [2.45, 2.75) is 32.3 Å². The maximum atomic E-state index is 12.7. The molecule has 142 valence electrons. The van der Waals surface area contributed by atoms with Crippen LogP contribution in [0.25, 0.3) is 0 Å². The normalized spacial score (nSPS) is 13.5. The van der Waals surface area contributed by atoms with Crippen molar-refractivity contribution >= 4 is 40.2 Å². The van der Waals surface area contributed by atoms with Gasteiger partial charge in [0.15, 0.2) is 11.9 Å². The summed E-state index contributed by atoms with van der Waals surface area (Å²) in [4.78, 5) is 48.4. The Balaban J connectivity index is 1.81. The Labute approximate surface area is 157 Å². The molecule has 2 aromatic heterocycles. The van der Waals surface area contributed by atoms with Gasteiger partial charge in [-0.3, -0.25) is 14.9 Å². The summed E-state index contributed by atoms with van der Waals surface area (Å²) in [6, 6.07) is 2.05. The van der Waals surface area contributed by atoms with Gasteiger partial charge in [-0.25, -0.2) is 9.59 Å². The molecule has 0 spiro atoms. The number of esters is 1. The summed E-state index contributed by atoms with van der Waals surface area (Å²) in [6.45, 7) is 1.32. The lowest BCUT2D eigenvalue weighted by molar-refractivity contribution is -0.127. The lowest BCUT2D eigenvalue weighted by Crippen LogP contribution is -2.42. The number of nitrogens with two attached hydrogens (primary N) is 1. The van der Waals surface area contributed by atoms with Crippen LogP contribution in [-0.2, 0) is 22.4 Å². The van der Waals surface area contributed by atoms with E-state index >= 15 is 0 Å². The average Bonchev–Trinajstić information content (AvgIpc) is 3.30. The zero-order chi connectivity index (χ0) is 19.6. The van der Waals surface area contributed by atoms with Gasteiger partial charge in [-0.15, -0.1) is 11.3 Å². The molecule has 3 rings (SSSR count). The third-order valence-electron chi connectivity index (χ3n) is 4.00. The Kier molecular flexibility index (Phi) is 5.26. The standard InChI is InChI=1S/C17H17N3O6S/c1-8(13(21)20-17(18)24)26-16(23)12-9-4-2-6-11(9)27-15(12)19-14(22)10-5-3-7-25-10/h3,5,7-8H,2,4,6H2,1H3,(H,19,22)(H3,18,20,21,24)/t8-/m1/s1. The van der Waals surface area contributed by atoms with Gasteiger partial charge in [0.2, 0.25) is 0 Å². The summed E-state index contributed by atoms with van der Waals surface area (Å²) in [5.41, 5.74) is 5.93. The first-order valence-corrected chi connectivity index (χ1v) is 8.99. The van der Waals surface area contributed by atoms with Crippen LogP contribution >= 0.6 is 11.3 Å². The second-order valence-electron chi connectivity index (χ2n) is 5.89. The molecule has 1 aliphatic carbocycles. The number of hydrogen-bond donors (Lipinski definition) is 3. The van der Waals surface area contributed by atoms with Crippen LogP contribution in [-0.4, -0.2) is 29.9 Å². The topological polar surface area (TPSA) is 141 Å². The van der Waals surface area contributed by atoms with E-state index in [9.17, 15) is 19.2 Å². The smallest absolute Gasteiger partial charge is 0.342 e. The summed E-state index contributed by atoms with van der Waals surface area (Å²) >= 11 is 1.30. The van der Waals surface area contributed by atoms with Crippen molar-refractivity contribution in [2.24, 2.45) is 5.73 Å². The fraction of sp³-hybridized carbons (Fsp3) is 0.294. The summed E-state index contributed by atoms with van der Waals surface area (Å²) in [5.74, 6) is -1.97. The molecule has 10 heteroatoms. The fourth-order valence-corrected chi connectivity index (χ4v) is 4.05. The number of imide groups is 1. The van der Waals surface area contributed by atoms with E-state index in [1.165, 1.54) is 30.6 Å². The van der Waals surface area contributed by atoms with Crippen LogP contribution in [0.2, 0.25) is 0 Å². The number of urea groups is 1. The van der Waals surface area contributed by atoms with E-state index in [0.29, 0.717) is 11.4 Å². The molecule has 0 bridgehead atoms. The van der Waals surface area contributed by atoms with Gasteiger partial charge in [0.25, 0.3) is 11.8 Å². The molecule has 1 aliphatic rings. The number of nitrogens with one attached hydrogen (secondary N) is 2. The van der Waals surface area contributed by atoms with Crippen LogP contribution in [0.5, 0.6) is 0 Å². The molecule has 9 nitrogen and oxygen atoms in total. The van der Waals surface area contributed by atoms with Crippen LogP contribution < -0.4 is 16.4 Å². The number of fused-ring (bicyclic) bond motifs is 1. The first-order valence-electron chi connectivity index (χ1n) is 8.17. The number of amides is 4. The van der Waals surface area contributed by atoms with Crippen LogP contribution in [0, 0.1) is 0 Å².